The first-order chi connectivity index (χ1) is 15.0. The number of nitrogens with one attached hydrogen (secondary N) is 1. The van der Waals surface area contributed by atoms with E-state index in [-0.39, 0.29) is 24.0 Å². The highest BCUT2D eigenvalue weighted by Gasteiger charge is 2.45. The minimum Gasteiger partial charge on any atom is -0.465 e. The average molecular weight is 421 g/mol. The number of hydrogen-bond acceptors (Lipinski definition) is 4. The van der Waals surface area contributed by atoms with Crippen molar-refractivity contribution in [2.75, 3.05) is 7.11 Å². The lowest BCUT2D eigenvalue weighted by Crippen LogP contribution is -2.60. The lowest BCUT2D eigenvalue weighted by Gasteiger charge is -2.50. The van der Waals surface area contributed by atoms with Crippen LogP contribution in [0.1, 0.15) is 65.7 Å². The maximum atomic E-state index is 13.4. The second kappa shape index (κ2) is 9.23. The fourth-order valence-electron chi connectivity index (χ4n) is 5.15. The number of aryl methyl sites for hydroxylation is 1. The third kappa shape index (κ3) is 4.67. The Balaban J connectivity index is 1.47. The molecule has 2 aromatic carbocycles. The maximum Gasteiger partial charge on any atom is 0.337 e. The molecule has 2 heterocycles. The molecule has 0 radical (unpaired) electrons. The summed E-state index contributed by atoms with van der Waals surface area (Å²) in [5.74, 6) is 0.184. The third-order valence-corrected chi connectivity index (χ3v) is 6.96. The predicted octanol–water partition coefficient (Wildman–Crippen LogP) is 4.40. The number of fused-ring (bicyclic) bond motifs is 3. The van der Waals surface area contributed by atoms with Crippen LogP contribution in [0, 0.1) is 12.8 Å². The minimum absolute atomic E-state index is 0.0782. The van der Waals surface area contributed by atoms with Gasteiger partial charge in [0.25, 0.3) is 0 Å². The van der Waals surface area contributed by atoms with Crippen LogP contribution in [0.15, 0.2) is 48.5 Å². The quantitative estimate of drug-likeness (QED) is 0.704. The number of carbonyl (C=O) groups is 2. The van der Waals surface area contributed by atoms with Crippen LogP contribution < -0.4 is 5.32 Å². The Morgan fingerprint density at radius 3 is 2.29 bits per heavy atom. The van der Waals surface area contributed by atoms with Crippen LogP contribution in [-0.4, -0.2) is 36.0 Å². The summed E-state index contributed by atoms with van der Waals surface area (Å²) in [5, 5.41) is 3.24. The van der Waals surface area contributed by atoms with Crippen LogP contribution in [0.2, 0.25) is 0 Å². The van der Waals surface area contributed by atoms with Gasteiger partial charge in [-0.05, 0) is 68.7 Å². The molecule has 3 fully saturated rings. The highest BCUT2D eigenvalue weighted by molar-refractivity contribution is 5.89. The van der Waals surface area contributed by atoms with Crippen molar-refractivity contribution in [1.82, 2.24) is 10.2 Å². The summed E-state index contributed by atoms with van der Waals surface area (Å²) in [6, 6.07) is 16.2. The van der Waals surface area contributed by atoms with Crippen molar-refractivity contribution in [3.05, 3.63) is 70.8 Å². The SMILES string of the molecule is COC(=O)c1ccc([C@H](C)NC(=O)C2C3CCC(CC3)N2Cc2ccc(C)cc2)cc1. The number of rotatable bonds is 6. The van der Waals surface area contributed by atoms with Crippen molar-refractivity contribution in [2.45, 2.75) is 64.2 Å². The van der Waals surface area contributed by atoms with E-state index in [1.807, 2.05) is 19.1 Å². The van der Waals surface area contributed by atoms with Crippen LogP contribution in [0.5, 0.6) is 0 Å². The van der Waals surface area contributed by atoms with E-state index in [0.29, 0.717) is 17.5 Å². The molecule has 3 aliphatic rings. The average Bonchev–Trinajstić information content (AvgIpc) is 2.80. The van der Waals surface area contributed by atoms with Crippen molar-refractivity contribution in [3.8, 4) is 0 Å². The number of nitrogens with zero attached hydrogens (tertiary/aromatic N) is 1. The molecule has 2 aliphatic heterocycles. The van der Waals surface area contributed by atoms with E-state index >= 15 is 0 Å². The van der Waals surface area contributed by atoms with E-state index in [4.69, 9.17) is 4.74 Å². The van der Waals surface area contributed by atoms with Gasteiger partial charge in [-0.25, -0.2) is 4.79 Å². The molecule has 31 heavy (non-hydrogen) atoms. The Morgan fingerprint density at radius 1 is 1.03 bits per heavy atom. The number of esters is 1. The predicted molar refractivity (Wildman–Crippen MR) is 121 cm³/mol. The summed E-state index contributed by atoms with van der Waals surface area (Å²) in [4.78, 5) is 27.5. The Hall–Kier alpha value is -2.66. The number of piperidine rings is 2. The highest BCUT2D eigenvalue weighted by Crippen LogP contribution is 2.40. The van der Waals surface area contributed by atoms with Gasteiger partial charge in [0, 0.05) is 12.6 Å². The largest absolute Gasteiger partial charge is 0.465 e. The molecular weight excluding hydrogens is 388 g/mol. The van der Waals surface area contributed by atoms with Gasteiger partial charge in [-0.2, -0.15) is 0 Å². The van der Waals surface area contributed by atoms with Gasteiger partial charge < -0.3 is 10.1 Å². The molecule has 1 unspecified atom stereocenters. The van der Waals surface area contributed by atoms with Crippen molar-refractivity contribution in [2.24, 2.45) is 5.92 Å². The van der Waals surface area contributed by atoms with Crippen molar-refractivity contribution in [3.63, 3.8) is 0 Å². The Kier molecular flexibility index (Phi) is 6.42. The van der Waals surface area contributed by atoms with E-state index in [1.165, 1.54) is 31.1 Å². The van der Waals surface area contributed by atoms with Crippen LogP contribution in [-0.2, 0) is 16.1 Å². The van der Waals surface area contributed by atoms with Gasteiger partial charge in [0.05, 0.1) is 24.8 Å². The molecule has 1 N–H and O–H groups in total. The molecule has 2 saturated heterocycles. The van der Waals surface area contributed by atoms with Gasteiger partial charge in [-0.1, -0.05) is 42.0 Å². The van der Waals surface area contributed by atoms with Crippen molar-refractivity contribution in [1.29, 1.82) is 0 Å². The summed E-state index contributed by atoms with van der Waals surface area (Å²) < 4.78 is 4.76. The Morgan fingerprint density at radius 2 is 1.68 bits per heavy atom. The zero-order valence-corrected chi connectivity index (χ0v) is 18.6. The van der Waals surface area contributed by atoms with E-state index in [0.717, 1.165) is 24.9 Å². The first-order valence-corrected chi connectivity index (χ1v) is 11.3. The first-order valence-electron chi connectivity index (χ1n) is 11.3. The maximum absolute atomic E-state index is 13.4. The first kappa shape index (κ1) is 21.6. The molecule has 2 bridgehead atoms. The van der Waals surface area contributed by atoms with Gasteiger partial charge in [0.2, 0.25) is 5.91 Å². The molecule has 2 atom stereocenters. The molecule has 5 heteroatoms. The van der Waals surface area contributed by atoms with Crippen LogP contribution in [0.3, 0.4) is 0 Å². The molecule has 5 nitrogen and oxygen atoms in total. The number of ether oxygens (including phenoxy) is 1. The molecule has 5 rings (SSSR count). The lowest BCUT2D eigenvalue weighted by molar-refractivity contribution is -0.136. The monoisotopic (exact) mass is 420 g/mol. The number of hydrogen-bond donors (Lipinski definition) is 1. The van der Waals surface area contributed by atoms with Gasteiger partial charge in [0.1, 0.15) is 0 Å². The number of methoxy groups -OCH3 is 1. The molecule has 1 saturated carbocycles. The molecule has 164 valence electrons. The molecular formula is C26H32N2O3. The fourth-order valence-corrected chi connectivity index (χ4v) is 5.15. The number of amides is 1. The van der Waals surface area contributed by atoms with Crippen LogP contribution in [0.25, 0.3) is 0 Å². The van der Waals surface area contributed by atoms with Crippen molar-refractivity contribution < 1.29 is 14.3 Å². The Bertz CT molecular complexity index is 915. The van der Waals surface area contributed by atoms with E-state index in [9.17, 15) is 9.59 Å². The standard InChI is InChI=1S/C26H32N2O3/c1-17-4-6-19(7-5-17)16-28-23-14-12-21(13-15-23)24(28)25(29)27-18(2)20-8-10-22(11-9-20)26(30)31-3/h4-11,18,21,23-24H,12-16H2,1-3H3,(H,27,29)/t18-,21?,23?,24?/m0/s1. The summed E-state index contributed by atoms with van der Waals surface area (Å²) in [6.45, 7) is 4.92. The smallest absolute Gasteiger partial charge is 0.337 e. The number of benzene rings is 2. The van der Waals surface area contributed by atoms with E-state index < -0.39 is 0 Å². The lowest BCUT2D eigenvalue weighted by atomic mass is 9.74. The van der Waals surface area contributed by atoms with E-state index in [2.05, 4.69) is 41.4 Å². The molecule has 1 aliphatic carbocycles. The van der Waals surface area contributed by atoms with Gasteiger partial charge in [0.15, 0.2) is 0 Å². The summed E-state index contributed by atoms with van der Waals surface area (Å²) in [6.07, 6.45) is 4.64. The normalized spacial score (nSPS) is 23.9. The van der Waals surface area contributed by atoms with Crippen LogP contribution in [0.4, 0.5) is 0 Å². The zero-order chi connectivity index (χ0) is 22.0. The third-order valence-electron chi connectivity index (χ3n) is 6.96. The molecule has 2 aromatic rings. The molecule has 0 spiro atoms. The molecule has 0 aromatic heterocycles. The van der Waals surface area contributed by atoms with E-state index in [1.54, 1.807) is 12.1 Å². The summed E-state index contributed by atoms with van der Waals surface area (Å²) in [7, 11) is 1.37. The topological polar surface area (TPSA) is 58.6 Å². The van der Waals surface area contributed by atoms with Gasteiger partial charge in [-0.3, -0.25) is 9.69 Å². The fraction of sp³-hybridized carbons (Fsp3) is 0.462. The molecule has 1 amide bonds. The number of carbonyl (C=O) groups excluding carboxylic acids is 2. The second-order valence-electron chi connectivity index (χ2n) is 9.02. The summed E-state index contributed by atoms with van der Waals surface area (Å²) in [5.41, 5.74) is 4.01. The minimum atomic E-state index is -0.354. The van der Waals surface area contributed by atoms with Crippen molar-refractivity contribution >= 4 is 11.9 Å². The van der Waals surface area contributed by atoms with Gasteiger partial charge >= 0.3 is 5.97 Å². The zero-order valence-electron chi connectivity index (χ0n) is 18.6. The summed E-state index contributed by atoms with van der Waals surface area (Å²) >= 11 is 0. The van der Waals surface area contributed by atoms with Gasteiger partial charge in [-0.15, -0.1) is 0 Å². The highest BCUT2D eigenvalue weighted by atomic mass is 16.5. The second-order valence-corrected chi connectivity index (χ2v) is 9.02. The van der Waals surface area contributed by atoms with Crippen LogP contribution >= 0.6 is 0 Å². The Labute approximate surface area is 184 Å².